The van der Waals surface area contributed by atoms with Crippen molar-refractivity contribution in [1.82, 2.24) is 0 Å². The van der Waals surface area contributed by atoms with E-state index in [2.05, 4.69) is 12.2 Å². The highest BCUT2D eigenvalue weighted by atomic mass is 16.4. The average Bonchev–Trinajstić information content (AvgIpc) is 2.46. The van der Waals surface area contributed by atoms with Crippen molar-refractivity contribution in [2.24, 2.45) is 0 Å². The maximum absolute atomic E-state index is 11.2. The van der Waals surface area contributed by atoms with Gasteiger partial charge in [0.15, 0.2) is 0 Å². The zero-order valence-corrected chi connectivity index (χ0v) is 11.9. The number of carboxylic acids is 1. The van der Waals surface area contributed by atoms with E-state index in [1.165, 1.54) is 19.3 Å². The third-order valence-corrected chi connectivity index (χ3v) is 3.50. The quantitative estimate of drug-likeness (QED) is 0.727. The van der Waals surface area contributed by atoms with E-state index in [-0.39, 0.29) is 0 Å². The molecular formula is C17H21NO2. The molecule has 0 aliphatic carbocycles. The molecule has 3 heteroatoms. The van der Waals surface area contributed by atoms with E-state index in [1.54, 1.807) is 6.07 Å². The molecule has 2 aromatic carbocycles. The highest BCUT2D eigenvalue weighted by molar-refractivity contribution is 6.07. The van der Waals surface area contributed by atoms with Gasteiger partial charge in [0.25, 0.3) is 0 Å². The van der Waals surface area contributed by atoms with Gasteiger partial charge in [0.2, 0.25) is 0 Å². The Kier molecular flexibility index (Phi) is 4.99. The summed E-state index contributed by atoms with van der Waals surface area (Å²) in [5.74, 6) is -0.879. The van der Waals surface area contributed by atoms with Gasteiger partial charge in [-0.1, -0.05) is 50.5 Å². The number of carbonyl (C=O) groups is 1. The van der Waals surface area contributed by atoms with E-state index in [1.807, 2.05) is 30.3 Å². The average molecular weight is 271 g/mol. The normalized spacial score (nSPS) is 10.7. The number of carboxylic acid groups (broad SMARTS) is 1. The first kappa shape index (κ1) is 14.4. The van der Waals surface area contributed by atoms with Gasteiger partial charge < -0.3 is 10.4 Å². The molecule has 0 saturated carbocycles. The third-order valence-electron chi connectivity index (χ3n) is 3.50. The molecule has 0 aliphatic heterocycles. The summed E-state index contributed by atoms with van der Waals surface area (Å²) >= 11 is 0. The van der Waals surface area contributed by atoms with Crippen LogP contribution < -0.4 is 5.32 Å². The van der Waals surface area contributed by atoms with Gasteiger partial charge in [-0.05, 0) is 23.9 Å². The van der Waals surface area contributed by atoms with Crippen molar-refractivity contribution in [3.8, 4) is 0 Å². The maximum atomic E-state index is 11.2. The van der Waals surface area contributed by atoms with Crippen molar-refractivity contribution in [3.05, 3.63) is 42.0 Å². The van der Waals surface area contributed by atoms with E-state index in [0.717, 1.165) is 29.4 Å². The van der Waals surface area contributed by atoms with Crippen molar-refractivity contribution in [1.29, 1.82) is 0 Å². The van der Waals surface area contributed by atoms with Crippen LogP contribution in [0.25, 0.3) is 10.8 Å². The molecule has 0 bridgehead atoms. The third kappa shape index (κ3) is 3.29. The second-order valence-corrected chi connectivity index (χ2v) is 5.00. The molecule has 106 valence electrons. The number of aromatic carboxylic acids is 1. The molecule has 0 atom stereocenters. The summed E-state index contributed by atoms with van der Waals surface area (Å²) in [4.78, 5) is 11.2. The molecule has 2 aromatic rings. The van der Waals surface area contributed by atoms with Crippen LogP contribution in [0.4, 0.5) is 5.69 Å². The number of rotatable bonds is 7. The molecule has 0 aliphatic rings. The Morgan fingerprint density at radius 1 is 1.05 bits per heavy atom. The first-order chi connectivity index (χ1) is 9.74. The zero-order chi connectivity index (χ0) is 14.4. The van der Waals surface area contributed by atoms with Gasteiger partial charge in [0.1, 0.15) is 0 Å². The van der Waals surface area contributed by atoms with Crippen LogP contribution >= 0.6 is 0 Å². The minimum atomic E-state index is -0.879. The number of benzene rings is 2. The zero-order valence-electron chi connectivity index (χ0n) is 11.9. The Hall–Kier alpha value is -2.03. The van der Waals surface area contributed by atoms with E-state index >= 15 is 0 Å². The Morgan fingerprint density at radius 3 is 2.50 bits per heavy atom. The molecule has 0 amide bonds. The van der Waals surface area contributed by atoms with Crippen LogP contribution in [0, 0.1) is 0 Å². The standard InChI is InChI=1S/C17H21NO2/c1-2-3-4-7-12-18-16-11-10-15(17(19)20)13-8-5-6-9-14(13)16/h5-6,8-11,18H,2-4,7,12H2,1H3,(H,19,20). The first-order valence-electron chi connectivity index (χ1n) is 7.23. The molecular weight excluding hydrogens is 250 g/mol. The largest absolute Gasteiger partial charge is 0.478 e. The van der Waals surface area contributed by atoms with Crippen molar-refractivity contribution < 1.29 is 9.90 Å². The molecule has 0 spiro atoms. The minimum absolute atomic E-state index is 0.358. The first-order valence-corrected chi connectivity index (χ1v) is 7.23. The summed E-state index contributed by atoms with van der Waals surface area (Å²) in [6.45, 7) is 3.13. The van der Waals surface area contributed by atoms with Crippen molar-refractivity contribution >= 4 is 22.4 Å². The number of hydrogen-bond acceptors (Lipinski definition) is 2. The van der Waals surface area contributed by atoms with Crippen LogP contribution in [0.3, 0.4) is 0 Å². The molecule has 20 heavy (non-hydrogen) atoms. The number of hydrogen-bond donors (Lipinski definition) is 2. The predicted molar refractivity (Wildman–Crippen MR) is 83.5 cm³/mol. The fourth-order valence-electron chi connectivity index (χ4n) is 2.41. The van der Waals surface area contributed by atoms with Gasteiger partial charge >= 0.3 is 5.97 Å². The summed E-state index contributed by atoms with van der Waals surface area (Å²) in [5, 5.41) is 14.4. The van der Waals surface area contributed by atoms with Crippen LogP contribution in [0.15, 0.2) is 36.4 Å². The smallest absolute Gasteiger partial charge is 0.336 e. The lowest BCUT2D eigenvalue weighted by Gasteiger charge is -2.11. The molecule has 0 aromatic heterocycles. The molecule has 0 saturated heterocycles. The number of nitrogens with one attached hydrogen (secondary N) is 1. The van der Waals surface area contributed by atoms with Crippen LogP contribution in [0.5, 0.6) is 0 Å². The summed E-state index contributed by atoms with van der Waals surface area (Å²) in [6, 6.07) is 11.2. The van der Waals surface area contributed by atoms with Gasteiger partial charge in [-0.15, -0.1) is 0 Å². The summed E-state index contributed by atoms with van der Waals surface area (Å²) < 4.78 is 0. The topological polar surface area (TPSA) is 49.3 Å². The van der Waals surface area contributed by atoms with Crippen molar-refractivity contribution in [3.63, 3.8) is 0 Å². The fraction of sp³-hybridized carbons (Fsp3) is 0.353. The summed E-state index contributed by atoms with van der Waals surface area (Å²) in [7, 11) is 0. The summed E-state index contributed by atoms with van der Waals surface area (Å²) in [6.07, 6.45) is 4.87. The Labute approximate surface area is 119 Å². The highest BCUT2D eigenvalue weighted by Gasteiger charge is 2.10. The number of anilines is 1. The molecule has 0 heterocycles. The minimum Gasteiger partial charge on any atom is -0.478 e. The van der Waals surface area contributed by atoms with Gasteiger partial charge in [0.05, 0.1) is 5.56 Å². The van der Waals surface area contributed by atoms with Gasteiger partial charge in [-0.25, -0.2) is 4.79 Å². The molecule has 3 nitrogen and oxygen atoms in total. The Morgan fingerprint density at radius 2 is 1.80 bits per heavy atom. The van der Waals surface area contributed by atoms with Crippen molar-refractivity contribution in [2.45, 2.75) is 32.6 Å². The lowest BCUT2D eigenvalue weighted by molar-refractivity contribution is 0.0699. The number of unbranched alkanes of at least 4 members (excludes halogenated alkanes) is 3. The van der Waals surface area contributed by atoms with Crippen LogP contribution in [0.1, 0.15) is 43.0 Å². The molecule has 0 unspecified atom stereocenters. The van der Waals surface area contributed by atoms with E-state index in [0.29, 0.717) is 5.56 Å². The highest BCUT2D eigenvalue weighted by Crippen LogP contribution is 2.26. The molecule has 2 N–H and O–H groups in total. The maximum Gasteiger partial charge on any atom is 0.336 e. The van der Waals surface area contributed by atoms with Gasteiger partial charge in [-0.3, -0.25) is 0 Å². The fourth-order valence-corrected chi connectivity index (χ4v) is 2.41. The van der Waals surface area contributed by atoms with Gasteiger partial charge in [0, 0.05) is 17.6 Å². The monoisotopic (exact) mass is 271 g/mol. The Balaban J connectivity index is 2.18. The van der Waals surface area contributed by atoms with Gasteiger partial charge in [-0.2, -0.15) is 0 Å². The SMILES string of the molecule is CCCCCCNc1ccc(C(=O)O)c2ccccc12. The predicted octanol–water partition coefficient (Wildman–Crippen LogP) is 4.53. The van der Waals surface area contributed by atoms with Crippen LogP contribution in [-0.4, -0.2) is 17.6 Å². The second-order valence-electron chi connectivity index (χ2n) is 5.00. The van der Waals surface area contributed by atoms with Crippen LogP contribution in [0.2, 0.25) is 0 Å². The molecule has 2 rings (SSSR count). The lowest BCUT2D eigenvalue weighted by Crippen LogP contribution is -2.04. The Bertz CT molecular complexity index is 593. The van der Waals surface area contributed by atoms with Crippen LogP contribution in [-0.2, 0) is 0 Å². The van der Waals surface area contributed by atoms with E-state index < -0.39 is 5.97 Å². The number of fused-ring (bicyclic) bond motifs is 1. The van der Waals surface area contributed by atoms with Crippen molar-refractivity contribution in [2.75, 3.05) is 11.9 Å². The van der Waals surface area contributed by atoms with E-state index in [9.17, 15) is 9.90 Å². The lowest BCUT2D eigenvalue weighted by atomic mass is 10.0. The summed E-state index contributed by atoms with van der Waals surface area (Å²) in [5.41, 5.74) is 1.37. The second kappa shape index (κ2) is 6.94. The molecule has 0 radical (unpaired) electrons. The molecule has 0 fully saturated rings. The van der Waals surface area contributed by atoms with E-state index in [4.69, 9.17) is 0 Å².